The number of hydrogen-bond acceptors (Lipinski definition) is 4. The van der Waals surface area contributed by atoms with Crippen molar-refractivity contribution < 1.29 is 24.2 Å². The average molecular weight is 362 g/mol. The zero-order valence-electron chi connectivity index (χ0n) is 15.3. The maximum Gasteiger partial charge on any atom is 0.335 e. The number of benzene rings is 1. The third kappa shape index (κ3) is 4.74. The Morgan fingerprint density at radius 2 is 2.12 bits per heavy atom. The van der Waals surface area contributed by atoms with Crippen molar-refractivity contribution >= 4 is 17.8 Å². The molecule has 7 nitrogen and oxygen atoms in total. The number of nitrogens with one attached hydrogen (secondary N) is 1. The summed E-state index contributed by atoms with van der Waals surface area (Å²) in [6.07, 6.45) is 3.30. The molecule has 1 atom stereocenters. The number of hydrogen-bond donors (Lipinski definition) is 2. The highest BCUT2D eigenvalue weighted by Crippen LogP contribution is 2.21. The van der Waals surface area contributed by atoms with Gasteiger partial charge in [-0.05, 0) is 43.4 Å². The van der Waals surface area contributed by atoms with Gasteiger partial charge in [-0.25, -0.2) is 4.79 Å². The smallest absolute Gasteiger partial charge is 0.335 e. The fourth-order valence-electron chi connectivity index (χ4n) is 3.22. The van der Waals surface area contributed by atoms with E-state index in [9.17, 15) is 14.4 Å². The maximum absolute atomic E-state index is 12.4. The molecule has 142 valence electrons. The number of carbonyl (C=O) groups excluding carboxylic acids is 2. The minimum absolute atomic E-state index is 0.0380. The van der Waals surface area contributed by atoms with E-state index in [1.165, 1.54) is 19.2 Å². The highest BCUT2D eigenvalue weighted by Gasteiger charge is 2.33. The predicted molar refractivity (Wildman–Crippen MR) is 96.3 cm³/mol. The highest BCUT2D eigenvalue weighted by molar-refractivity contribution is 5.89. The second kappa shape index (κ2) is 9.22. The van der Waals surface area contributed by atoms with Crippen molar-refractivity contribution in [3.63, 3.8) is 0 Å². The third-order valence-electron chi connectivity index (χ3n) is 4.57. The Labute approximate surface area is 153 Å². The largest absolute Gasteiger partial charge is 0.496 e. The average Bonchev–Trinajstić information content (AvgIpc) is 3.11. The van der Waals surface area contributed by atoms with Crippen LogP contribution in [0.3, 0.4) is 0 Å². The minimum Gasteiger partial charge on any atom is -0.496 e. The van der Waals surface area contributed by atoms with Crippen LogP contribution in [-0.4, -0.2) is 54.0 Å². The van der Waals surface area contributed by atoms with Gasteiger partial charge in [-0.2, -0.15) is 0 Å². The normalized spacial score (nSPS) is 16.4. The Morgan fingerprint density at radius 1 is 1.35 bits per heavy atom. The molecule has 2 N–H and O–H groups in total. The first-order valence-corrected chi connectivity index (χ1v) is 8.95. The molecule has 1 aliphatic rings. The summed E-state index contributed by atoms with van der Waals surface area (Å²) < 4.78 is 5.24. The number of ether oxygens (including phenoxy) is 1. The second-order valence-corrected chi connectivity index (χ2v) is 6.37. The SMILES string of the molecule is CCCC(=O)N1CCCC1C(=O)NCCc1ccc(C(=O)O)cc1OC. The monoisotopic (exact) mass is 362 g/mol. The Hall–Kier alpha value is -2.57. The summed E-state index contributed by atoms with van der Waals surface area (Å²) in [5, 5.41) is 11.9. The van der Waals surface area contributed by atoms with Gasteiger partial charge >= 0.3 is 5.97 Å². The van der Waals surface area contributed by atoms with Crippen LogP contribution in [0.5, 0.6) is 5.75 Å². The number of nitrogens with zero attached hydrogens (tertiary/aromatic N) is 1. The van der Waals surface area contributed by atoms with Crippen molar-refractivity contribution in [2.75, 3.05) is 20.2 Å². The van der Waals surface area contributed by atoms with Gasteiger partial charge in [-0.3, -0.25) is 9.59 Å². The van der Waals surface area contributed by atoms with E-state index in [2.05, 4.69) is 5.32 Å². The number of carbonyl (C=O) groups is 3. The van der Waals surface area contributed by atoms with Gasteiger partial charge in [-0.1, -0.05) is 13.0 Å². The van der Waals surface area contributed by atoms with E-state index in [4.69, 9.17) is 9.84 Å². The molecule has 0 aromatic heterocycles. The lowest BCUT2D eigenvalue weighted by atomic mass is 10.1. The third-order valence-corrected chi connectivity index (χ3v) is 4.57. The topological polar surface area (TPSA) is 95.9 Å². The summed E-state index contributed by atoms with van der Waals surface area (Å²) in [7, 11) is 1.48. The van der Waals surface area contributed by atoms with Gasteiger partial charge in [-0.15, -0.1) is 0 Å². The van der Waals surface area contributed by atoms with Crippen LogP contribution in [0, 0.1) is 0 Å². The molecule has 1 unspecified atom stereocenters. The quantitative estimate of drug-likeness (QED) is 0.736. The number of likely N-dealkylation sites (tertiary alicyclic amines) is 1. The summed E-state index contributed by atoms with van der Waals surface area (Å²) >= 11 is 0. The van der Waals surface area contributed by atoms with E-state index in [0.717, 1.165) is 18.4 Å². The fraction of sp³-hybridized carbons (Fsp3) is 0.526. The molecule has 7 heteroatoms. The zero-order chi connectivity index (χ0) is 19.1. The van der Waals surface area contributed by atoms with Crippen LogP contribution < -0.4 is 10.1 Å². The fourth-order valence-corrected chi connectivity index (χ4v) is 3.22. The van der Waals surface area contributed by atoms with E-state index in [0.29, 0.717) is 38.1 Å². The van der Waals surface area contributed by atoms with Gasteiger partial charge in [0.2, 0.25) is 11.8 Å². The number of rotatable bonds is 8. The van der Waals surface area contributed by atoms with Gasteiger partial charge in [0.25, 0.3) is 0 Å². The number of aromatic carboxylic acids is 1. The highest BCUT2D eigenvalue weighted by atomic mass is 16.5. The zero-order valence-corrected chi connectivity index (χ0v) is 15.3. The molecule has 0 aliphatic carbocycles. The molecule has 0 saturated carbocycles. The molecule has 0 spiro atoms. The van der Waals surface area contributed by atoms with E-state index in [-0.39, 0.29) is 23.4 Å². The van der Waals surface area contributed by atoms with Crippen molar-refractivity contribution in [3.05, 3.63) is 29.3 Å². The second-order valence-electron chi connectivity index (χ2n) is 6.37. The van der Waals surface area contributed by atoms with Crippen molar-refractivity contribution in [2.45, 2.75) is 45.1 Å². The summed E-state index contributed by atoms with van der Waals surface area (Å²) in [4.78, 5) is 37.2. The van der Waals surface area contributed by atoms with Crippen LogP contribution in [0.15, 0.2) is 18.2 Å². The van der Waals surface area contributed by atoms with Crippen LogP contribution >= 0.6 is 0 Å². The first-order chi connectivity index (χ1) is 12.5. The molecule has 2 amide bonds. The van der Waals surface area contributed by atoms with E-state index in [1.54, 1.807) is 11.0 Å². The van der Waals surface area contributed by atoms with E-state index < -0.39 is 5.97 Å². The number of carboxylic acids is 1. The molecule has 0 radical (unpaired) electrons. The first kappa shape index (κ1) is 19.8. The number of methoxy groups -OCH3 is 1. The molecule has 1 saturated heterocycles. The Balaban J connectivity index is 1.92. The molecular weight excluding hydrogens is 336 g/mol. The lowest BCUT2D eigenvalue weighted by Gasteiger charge is -2.24. The lowest BCUT2D eigenvalue weighted by molar-refractivity contribution is -0.138. The van der Waals surface area contributed by atoms with Crippen molar-refractivity contribution in [3.8, 4) is 5.75 Å². The van der Waals surface area contributed by atoms with Gasteiger partial charge in [0.1, 0.15) is 11.8 Å². The number of carboxylic acid groups (broad SMARTS) is 1. The summed E-state index contributed by atoms with van der Waals surface area (Å²) in [5.74, 6) is -0.620. The van der Waals surface area contributed by atoms with Crippen LogP contribution in [0.1, 0.15) is 48.5 Å². The lowest BCUT2D eigenvalue weighted by Crippen LogP contribution is -2.46. The molecule has 26 heavy (non-hydrogen) atoms. The van der Waals surface area contributed by atoms with E-state index >= 15 is 0 Å². The minimum atomic E-state index is -1.01. The maximum atomic E-state index is 12.4. The van der Waals surface area contributed by atoms with Crippen molar-refractivity contribution in [2.24, 2.45) is 0 Å². The Kier molecular flexibility index (Phi) is 7.00. The summed E-state index contributed by atoms with van der Waals surface area (Å²) in [5.41, 5.74) is 0.980. The van der Waals surface area contributed by atoms with Crippen LogP contribution in [0.4, 0.5) is 0 Å². The predicted octanol–water partition coefficient (Wildman–Crippen LogP) is 1.84. The standard InChI is InChI=1S/C19H26N2O5/c1-3-5-17(22)21-11-4-6-15(21)18(23)20-10-9-13-7-8-14(19(24)25)12-16(13)26-2/h7-8,12,15H,3-6,9-11H2,1-2H3,(H,20,23)(H,24,25). The Bertz CT molecular complexity index is 674. The molecule has 1 heterocycles. The summed E-state index contributed by atoms with van der Waals surface area (Å²) in [6, 6.07) is 4.30. The molecule has 2 rings (SSSR count). The van der Waals surface area contributed by atoms with Crippen LogP contribution in [0.2, 0.25) is 0 Å². The van der Waals surface area contributed by atoms with Crippen molar-refractivity contribution in [1.82, 2.24) is 10.2 Å². The number of amides is 2. The molecule has 1 aromatic carbocycles. The van der Waals surface area contributed by atoms with E-state index in [1.807, 2.05) is 6.92 Å². The van der Waals surface area contributed by atoms with Gasteiger partial charge in [0.15, 0.2) is 0 Å². The molecule has 0 bridgehead atoms. The first-order valence-electron chi connectivity index (χ1n) is 8.95. The molecule has 1 aliphatic heterocycles. The van der Waals surface area contributed by atoms with Crippen LogP contribution in [-0.2, 0) is 16.0 Å². The van der Waals surface area contributed by atoms with Gasteiger partial charge in [0.05, 0.1) is 12.7 Å². The van der Waals surface area contributed by atoms with Crippen LogP contribution in [0.25, 0.3) is 0 Å². The molecule has 1 aromatic rings. The van der Waals surface area contributed by atoms with Gasteiger partial charge < -0.3 is 20.1 Å². The van der Waals surface area contributed by atoms with Crippen molar-refractivity contribution in [1.29, 1.82) is 0 Å². The molecule has 1 fully saturated rings. The summed E-state index contributed by atoms with van der Waals surface area (Å²) in [6.45, 7) is 2.99. The molecular formula is C19H26N2O5. The van der Waals surface area contributed by atoms with Gasteiger partial charge in [0, 0.05) is 19.5 Å². The Morgan fingerprint density at radius 3 is 2.77 bits per heavy atom.